The molecule has 0 unspecified atom stereocenters. The number of ether oxygens (including phenoxy) is 2. The monoisotopic (exact) mass is 278 g/mol. The first-order valence-corrected chi connectivity index (χ1v) is 6.75. The van der Waals surface area contributed by atoms with Crippen LogP contribution in [0, 0.1) is 0 Å². The molecule has 1 aromatic carbocycles. The molecule has 1 rings (SSSR count). The molecule has 0 N–H and O–H groups in total. The van der Waals surface area contributed by atoms with Crippen molar-refractivity contribution in [1.82, 2.24) is 0 Å². The maximum absolute atomic E-state index is 11.7. The second kappa shape index (κ2) is 6.75. The van der Waals surface area contributed by atoms with Gasteiger partial charge in [-0.1, -0.05) is 51.1 Å². The van der Waals surface area contributed by atoms with Crippen LogP contribution in [0.3, 0.4) is 0 Å². The topological polar surface area (TPSA) is 53.9 Å². The first-order chi connectivity index (χ1) is 9.18. The Kier molecular flexibility index (Phi) is 5.57. The third-order valence-electron chi connectivity index (χ3n) is 2.35. The summed E-state index contributed by atoms with van der Waals surface area (Å²) in [6.07, 6.45) is -0.550. The van der Waals surface area contributed by atoms with Gasteiger partial charge in [-0.15, -0.1) is 0 Å². The van der Waals surface area contributed by atoms with Crippen LogP contribution in [0.2, 0.25) is 0 Å². The highest BCUT2D eigenvalue weighted by Gasteiger charge is 2.17. The smallest absolute Gasteiger partial charge is 0.146 e. The summed E-state index contributed by atoms with van der Waals surface area (Å²) < 4.78 is 10.8. The third kappa shape index (κ3) is 7.14. The lowest BCUT2D eigenvalue weighted by Crippen LogP contribution is -2.36. The van der Waals surface area contributed by atoms with Crippen molar-refractivity contribution in [2.24, 2.45) is 4.99 Å². The van der Waals surface area contributed by atoms with Gasteiger partial charge in [0.25, 0.3) is 0 Å². The van der Waals surface area contributed by atoms with Crippen molar-refractivity contribution in [2.45, 2.75) is 52.4 Å². The minimum atomic E-state index is -0.600. The van der Waals surface area contributed by atoms with Gasteiger partial charge in [-0.2, -0.15) is 0 Å². The molecule has 0 bridgehead atoms. The van der Waals surface area contributed by atoms with Crippen molar-refractivity contribution < 1.29 is 14.6 Å². The molecule has 0 aliphatic heterocycles. The molecule has 20 heavy (non-hydrogen) atoms. The van der Waals surface area contributed by atoms with Crippen LogP contribution in [-0.4, -0.2) is 23.8 Å². The van der Waals surface area contributed by atoms with Gasteiger partial charge in [0.1, 0.15) is 6.08 Å². The molecule has 4 heteroatoms. The average molecular weight is 278 g/mol. The van der Waals surface area contributed by atoms with E-state index >= 15 is 0 Å². The third-order valence-corrected chi connectivity index (χ3v) is 2.35. The Labute approximate surface area is 121 Å². The molecular weight excluding hydrogens is 254 g/mol. The normalized spacial score (nSPS) is 13.3. The summed E-state index contributed by atoms with van der Waals surface area (Å²) in [5, 5.41) is 11.7. The van der Waals surface area contributed by atoms with Gasteiger partial charge in [-0.25, -0.2) is 0 Å². The van der Waals surface area contributed by atoms with Gasteiger partial charge in [0, 0.05) is 5.60 Å². The van der Waals surface area contributed by atoms with E-state index in [1.54, 1.807) is 0 Å². The molecule has 0 spiro atoms. The zero-order chi connectivity index (χ0) is 15.2. The number of rotatable bonds is 5. The molecule has 4 nitrogen and oxygen atoms in total. The van der Waals surface area contributed by atoms with Crippen molar-refractivity contribution in [3.8, 4) is 0 Å². The largest absolute Gasteiger partial charge is 0.595 e. The molecule has 0 fully saturated rings. The zero-order valence-corrected chi connectivity index (χ0v) is 13.0. The lowest BCUT2D eigenvalue weighted by Gasteiger charge is -2.31. The molecule has 0 aromatic heterocycles. The Morgan fingerprint density at radius 3 is 2.25 bits per heavy atom. The standard InChI is InChI=1S/C16H25NO3/c1-15(2,3)20-14(18)17-16(4,5)12-19-11-13-9-7-6-8-10-13/h6-10H,11-12H2,1-5H3,(H,17,18)/p-1. The van der Waals surface area contributed by atoms with E-state index in [2.05, 4.69) is 4.99 Å². The van der Waals surface area contributed by atoms with Crippen LogP contribution in [0.4, 0.5) is 0 Å². The number of aliphatic imine (C=N–C) groups is 1. The number of hydrogen-bond acceptors (Lipinski definition) is 4. The van der Waals surface area contributed by atoms with E-state index in [0.717, 1.165) is 5.56 Å². The van der Waals surface area contributed by atoms with Gasteiger partial charge in [0.15, 0.2) is 0 Å². The Balaban J connectivity index is 2.47. The van der Waals surface area contributed by atoms with Crippen molar-refractivity contribution in [3.05, 3.63) is 35.9 Å². The lowest BCUT2D eigenvalue weighted by molar-refractivity contribution is -0.261. The maximum atomic E-state index is 11.7. The van der Waals surface area contributed by atoms with Crippen LogP contribution < -0.4 is 5.11 Å². The molecular formula is C16H24NO3-. The average Bonchev–Trinajstić information content (AvgIpc) is 2.26. The molecule has 112 valence electrons. The number of benzene rings is 1. The van der Waals surface area contributed by atoms with Gasteiger partial charge in [-0.05, 0) is 19.4 Å². The molecule has 0 saturated heterocycles. The summed E-state index contributed by atoms with van der Waals surface area (Å²) in [5.74, 6) is 0. The first kappa shape index (κ1) is 16.5. The van der Waals surface area contributed by atoms with Crippen LogP contribution >= 0.6 is 0 Å². The second-order valence-electron chi connectivity index (χ2n) is 6.38. The van der Waals surface area contributed by atoms with Gasteiger partial charge >= 0.3 is 0 Å². The molecule has 0 saturated carbocycles. The highest BCUT2D eigenvalue weighted by Crippen LogP contribution is 2.13. The van der Waals surface area contributed by atoms with E-state index in [1.165, 1.54) is 0 Å². The predicted molar refractivity (Wildman–Crippen MR) is 78.5 cm³/mol. The van der Waals surface area contributed by atoms with E-state index in [1.807, 2.05) is 65.0 Å². The Morgan fingerprint density at radius 2 is 1.70 bits per heavy atom. The van der Waals surface area contributed by atoms with Crippen molar-refractivity contribution >= 4 is 6.08 Å². The SMILES string of the molecule is CC(C)(COCc1ccccc1)N=C([O-])OC(C)(C)C. The molecule has 0 atom stereocenters. The zero-order valence-electron chi connectivity index (χ0n) is 13.0. The fraction of sp³-hybridized carbons (Fsp3) is 0.562. The minimum Gasteiger partial charge on any atom is -0.595 e. The number of hydrogen-bond donors (Lipinski definition) is 0. The molecule has 0 amide bonds. The summed E-state index contributed by atoms with van der Waals surface area (Å²) >= 11 is 0. The fourth-order valence-electron chi connectivity index (χ4n) is 1.56. The molecule has 0 aliphatic rings. The van der Waals surface area contributed by atoms with Gasteiger partial charge in [0.05, 0.1) is 18.8 Å². The van der Waals surface area contributed by atoms with E-state index in [0.29, 0.717) is 13.2 Å². The van der Waals surface area contributed by atoms with Crippen LogP contribution in [0.1, 0.15) is 40.2 Å². The summed E-state index contributed by atoms with van der Waals surface area (Å²) in [6, 6.07) is 9.89. The second-order valence-corrected chi connectivity index (χ2v) is 6.38. The first-order valence-electron chi connectivity index (χ1n) is 6.75. The predicted octanol–water partition coefficient (Wildman–Crippen LogP) is 2.51. The summed E-state index contributed by atoms with van der Waals surface area (Å²) in [6.45, 7) is 10.0. The highest BCUT2D eigenvalue weighted by atomic mass is 16.6. The van der Waals surface area contributed by atoms with Gasteiger partial charge in [-0.3, -0.25) is 4.99 Å². The Hall–Kier alpha value is -1.55. The van der Waals surface area contributed by atoms with Crippen LogP contribution in [-0.2, 0) is 16.1 Å². The van der Waals surface area contributed by atoms with Crippen LogP contribution in [0.5, 0.6) is 0 Å². The van der Waals surface area contributed by atoms with Crippen molar-refractivity contribution in [2.75, 3.05) is 6.61 Å². The molecule has 0 radical (unpaired) electrons. The van der Waals surface area contributed by atoms with E-state index < -0.39 is 17.2 Å². The van der Waals surface area contributed by atoms with E-state index in [4.69, 9.17) is 9.47 Å². The van der Waals surface area contributed by atoms with E-state index in [-0.39, 0.29) is 0 Å². The van der Waals surface area contributed by atoms with E-state index in [9.17, 15) is 5.11 Å². The summed E-state index contributed by atoms with van der Waals surface area (Å²) in [4.78, 5) is 4.04. The molecule has 0 heterocycles. The Bertz CT molecular complexity index is 433. The summed E-state index contributed by atoms with van der Waals surface area (Å²) in [7, 11) is 0. The quantitative estimate of drug-likeness (QED) is 0.614. The van der Waals surface area contributed by atoms with Crippen molar-refractivity contribution in [1.29, 1.82) is 0 Å². The minimum absolute atomic E-state index is 0.362. The molecule has 1 aromatic rings. The van der Waals surface area contributed by atoms with Crippen LogP contribution in [0.15, 0.2) is 35.3 Å². The van der Waals surface area contributed by atoms with Gasteiger partial charge in [0.2, 0.25) is 0 Å². The van der Waals surface area contributed by atoms with Crippen molar-refractivity contribution in [3.63, 3.8) is 0 Å². The highest BCUT2D eigenvalue weighted by molar-refractivity contribution is 5.62. The van der Waals surface area contributed by atoms with Gasteiger partial charge < -0.3 is 14.6 Å². The lowest BCUT2D eigenvalue weighted by atomic mass is 10.1. The maximum Gasteiger partial charge on any atom is 0.146 e. The fourth-order valence-corrected chi connectivity index (χ4v) is 1.56. The summed E-state index contributed by atoms with van der Waals surface area (Å²) in [5.41, 5.74) is -0.0286. The molecule has 0 aliphatic carbocycles. The number of nitrogens with zero attached hydrogens (tertiary/aromatic N) is 1. The van der Waals surface area contributed by atoms with Crippen LogP contribution in [0.25, 0.3) is 0 Å². The Morgan fingerprint density at radius 1 is 1.10 bits per heavy atom.